The van der Waals surface area contributed by atoms with E-state index in [1.807, 2.05) is 0 Å². The Bertz CT molecular complexity index is 734. The normalized spacial score (nSPS) is 10.2. The van der Waals surface area contributed by atoms with Gasteiger partial charge in [0.2, 0.25) is 0 Å². The SMILES string of the molecule is O=C(O)c1cc(Oc2cccc(Cl)c2F)ccc1[N+](=O)[O-]. The first-order valence-corrected chi connectivity index (χ1v) is 5.91. The molecule has 8 heteroatoms. The van der Waals surface area contributed by atoms with E-state index < -0.39 is 28.0 Å². The summed E-state index contributed by atoms with van der Waals surface area (Å²) in [4.78, 5) is 20.9. The molecule has 0 fully saturated rings. The lowest BCUT2D eigenvalue weighted by Crippen LogP contribution is -2.03. The van der Waals surface area contributed by atoms with Gasteiger partial charge in [-0.1, -0.05) is 17.7 Å². The lowest BCUT2D eigenvalue weighted by Gasteiger charge is -2.08. The van der Waals surface area contributed by atoms with E-state index in [9.17, 15) is 19.3 Å². The second-order valence-corrected chi connectivity index (χ2v) is 4.30. The first-order chi connectivity index (χ1) is 9.90. The molecule has 0 heterocycles. The smallest absolute Gasteiger partial charge is 0.342 e. The van der Waals surface area contributed by atoms with E-state index in [2.05, 4.69) is 0 Å². The second-order valence-electron chi connectivity index (χ2n) is 3.90. The largest absolute Gasteiger partial charge is 0.477 e. The maximum Gasteiger partial charge on any atom is 0.342 e. The Hall–Kier alpha value is -2.67. The number of hydrogen-bond donors (Lipinski definition) is 1. The highest BCUT2D eigenvalue weighted by Gasteiger charge is 2.21. The van der Waals surface area contributed by atoms with Crippen LogP contribution in [0.15, 0.2) is 36.4 Å². The maximum absolute atomic E-state index is 13.7. The van der Waals surface area contributed by atoms with Crippen molar-refractivity contribution in [2.24, 2.45) is 0 Å². The van der Waals surface area contributed by atoms with Crippen LogP contribution in [0.25, 0.3) is 0 Å². The number of benzene rings is 2. The Labute approximate surface area is 122 Å². The minimum absolute atomic E-state index is 0.0563. The van der Waals surface area contributed by atoms with Gasteiger partial charge < -0.3 is 9.84 Å². The number of ether oxygens (including phenoxy) is 1. The van der Waals surface area contributed by atoms with E-state index in [-0.39, 0.29) is 16.5 Å². The first kappa shape index (κ1) is 14.7. The van der Waals surface area contributed by atoms with Crippen molar-refractivity contribution in [2.75, 3.05) is 0 Å². The van der Waals surface area contributed by atoms with Crippen LogP contribution in [0.5, 0.6) is 11.5 Å². The van der Waals surface area contributed by atoms with Gasteiger partial charge in [-0.3, -0.25) is 10.1 Å². The summed E-state index contributed by atoms with van der Waals surface area (Å²) in [7, 11) is 0. The summed E-state index contributed by atoms with van der Waals surface area (Å²) < 4.78 is 18.8. The zero-order chi connectivity index (χ0) is 15.6. The molecule has 0 spiro atoms. The Morgan fingerprint density at radius 3 is 2.67 bits per heavy atom. The molecule has 0 aliphatic rings. The number of rotatable bonds is 4. The lowest BCUT2D eigenvalue weighted by atomic mass is 10.1. The van der Waals surface area contributed by atoms with E-state index in [1.165, 1.54) is 24.3 Å². The maximum atomic E-state index is 13.7. The van der Waals surface area contributed by atoms with Crippen molar-refractivity contribution in [1.82, 2.24) is 0 Å². The second kappa shape index (κ2) is 5.76. The molecule has 0 bridgehead atoms. The van der Waals surface area contributed by atoms with Gasteiger partial charge in [-0.2, -0.15) is 0 Å². The monoisotopic (exact) mass is 311 g/mol. The highest BCUT2D eigenvalue weighted by molar-refractivity contribution is 6.30. The van der Waals surface area contributed by atoms with Gasteiger partial charge in [-0.25, -0.2) is 9.18 Å². The molecule has 0 atom stereocenters. The number of nitrogens with zero attached hydrogens (tertiary/aromatic N) is 1. The molecule has 6 nitrogen and oxygen atoms in total. The van der Waals surface area contributed by atoms with Crippen LogP contribution in [0.2, 0.25) is 5.02 Å². The van der Waals surface area contributed by atoms with Crippen LogP contribution in [0, 0.1) is 15.9 Å². The summed E-state index contributed by atoms with van der Waals surface area (Å²) in [5.41, 5.74) is -1.14. The molecule has 0 aliphatic carbocycles. The van der Waals surface area contributed by atoms with Crippen LogP contribution in [0.1, 0.15) is 10.4 Å². The van der Waals surface area contributed by atoms with Gasteiger partial charge >= 0.3 is 5.97 Å². The van der Waals surface area contributed by atoms with Crippen LogP contribution in [-0.4, -0.2) is 16.0 Å². The number of hydrogen-bond acceptors (Lipinski definition) is 4. The summed E-state index contributed by atoms with van der Waals surface area (Å²) in [6.45, 7) is 0. The summed E-state index contributed by atoms with van der Waals surface area (Å²) in [5, 5.41) is 19.5. The number of carbonyl (C=O) groups is 1. The fourth-order valence-corrected chi connectivity index (χ4v) is 1.76. The molecule has 108 valence electrons. The van der Waals surface area contributed by atoms with Crippen molar-refractivity contribution in [1.29, 1.82) is 0 Å². The third kappa shape index (κ3) is 3.09. The van der Waals surface area contributed by atoms with Crippen LogP contribution in [0.3, 0.4) is 0 Å². The van der Waals surface area contributed by atoms with Crippen molar-refractivity contribution in [3.8, 4) is 11.5 Å². The van der Waals surface area contributed by atoms with Crippen LogP contribution >= 0.6 is 11.6 Å². The standard InChI is InChI=1S/C13H7ClFNO5/c14-9-2-1-3-11(12(9)15)21-7-4-5-10(16(19)20)8(6-7)13(17)18/h1-6H,(H,17,18). The third-order valence-corrected chi connectivity index (χ3v) is 2.83. The molecule has 2 rings (SSSR count). The number of aromatic carboxylic acids is 1. The molecule has 0 unspecified atom stereocenters. The summed E-state index contributed by atoms with van der Waals surface area (Å²) in [6.07, 6.45) is 0. The van der Waals surface area contributed by atoms with Gasteiger partial charge in [-0.15, -0.1) is 0 Å². The van der Waals surface area contributed by atoms with Gasteiger partial charge in [0.1, 0.15) is 11.3 Å². The number of halogens is 2. The average molecular weight is 312 g/mol. The quantitative estimate of drug-likeness (QED) is 0.683. The predicted molar refractivity (Wildman–Crippen MR) is 71.5 cm³/mol. The topological polar surface area (TPSA) is 89.7 Å². The molecule has 0 aromatic heterocycles. The summed E-state index contributed by atoms with van der Waals surface area (Å²) in [5.74, 6) is -2.57. The molecule has 21 heavy (non-hydrogen) atoms. The van der Waals surface area contributed by atoms with Gasteiger partial charge in [0.15, 0.2) is 11.6 Å². The summed E-state index contributed by atoms with van der Waals surface area (Å²) in [6, 6.07) is 7.16. The number of carboxylic acids is 1. The van der Waals surface area contributed by atoms with E-state index >= 15 is 0 Å². The Morgan fingerprint density at radius 2 is 2.05 bits per heavy atom. The number of carboxylic acid groups (broad SMARTS) is 1. The van der Waals surface area contributed by atoms with Crippen molar-refractivity contribution in [2.45, 2.75) is 0 Å². The molecule has 0 saturated heterocycles. The van der Waals surface area contributed by atoms with Crippen molar-refractivity contribution in [3.63, 3.8) is 0 Å². The number of nitro benzene ring substituents is 1. The van der Waals surface area contributed by atoms with Crippen molar-refractivity contribution in [3.05, 3.63) is 62.9 Å². The molecular formula is C13H7ClFNO5. The molecule has 2 aromatic carbocycles. The Morgan fingerprint density at radius 1 is 1.33 bits per heavy atom. The van der Waals surface area contributed by atoms with Crippen molar-refractivity contribution >= 4 is 23.3 Å². The molecule has 0 amide bonds. The van der Waals surface area contributed by atoms with Crippen LogP contribution in [-0.2, 0) is 0 Å². The molecule has 0 aliphatic heterocycles. The van der Waals surface area contributed by atoms with Gasteiger partial charge in [0.25, 0.3) is 5.69 Å². The predicted octanol–water partition coefficient (Wildman–Crippen LogP) is 3.88. The van der Waals surface area contributed by atoms with E-state index in [1.54, 1.807) is 0 Å². The molecule has 2 aromatic rings. The minimum Gasteiger partial charge on any atom is -0.477 e. The fourth-order valence-electron chi connectivity index (χ4n) is 1.60. The average Bonchev–Trinajstić information content (AvgIpc) is 2.43. The molecule has 0 radical (unpaired) electrons. The first-order valence-electron chi connectivity index (χ1n) is 5.53. The number of nitro groups is 1. The highest BCUT2D eigenvalue weighted by Crippen LogP contribution is 2.31. The van der Waals surface area contributed by atoms with E-state index in [4.69, 9.17) is 21.4 Å². The fraction of sp³-hybridized carbons (Fsp3) is 0. The van der Waals surface area contributed by atoms with Gasteiger partial charge in [0, 0.05) is 12.1 Å². The van der Waals surface area contributed by atoms with Crippen LogP contribution in [0.4, 0.5) is 10.1 Å². The molecular weight excluding hydrogens is 305 g/mol. The highest BCUT2D eigenvalue weighted by atomic mass is 35.5. The van der Waals surface area contributed by atoms with E-state index in [0.717, 1.165) is 12.1 Å². The Kier molecular flexibility index (Phi) is 4.04. The van der Waals surface area contributed by atoms with E-state index in [0.29, 0.717) is 0 Å². The van der Waals surface area contributed by atoms with Crippen molar-refractivity contribution < 1.29 is 24.0 Å². The zero-order valence-electron chi connectivity index (χ0n) is 10.2. The molecule has 1 N–H and O–H groups in total. The zero-order valence-corrected chi connectivity index (χ0v) is 11.0. The lowest BCUT2D eigenvalue weighted by molar-refractivity contribution is -0.385. The van der Waals surface area contributed by atoms with Gasteiger partial charge in [0.05, 0.1) is 9.95 Å². The van der Waals surface area contributed by atoms with Gasteiger partial charge in [-0.05, 0) is 18.2 Å². The Balaban J connectivity index is 2.42. The summed E-state index contributed by atoms with van der Waals surface area (Å²) >= 11 is 5.59. The molecule has 0 saturated carbocycles. The minimum atomic E-state index is -1.49. The third-order valence-electron chi connectivity index (χ3n) is 2.54. The van der Waals surface area contributed by atoms with Crippen LogP contribution < -0.4 is 4.74 Å².